The molecule has 0 unspecified atom stereocenters. The van der Waals surface area contributed by atoms with E-state index in [1.807, 2.05) is 29.1 Å². The van der Waals surface area contributed by atoms with Crippen molar-refractivity contribution < 1.29 is 4.79 Å². The van der Waals surface area contributed by atoms with Crippen LogP contribution in [0, 0.1) is 0 Å². The number of benzene rings is 1. The zero-order chi connectivity index (χ0) is 21.9. The molecule has 1 aliphatic carbocycles. The second-order valence-electron chi connectivity index (χ2n) is 7.84. The fourth-order valence-electron chi connectivity index (χ4n) is 3.95. The lowest BCUT2D eigenvalue weighted by Crippen LogP contribution is -2.24. The fraction of sp³-hybridized carbons (Fsp3) is 0.304. The molecule has 9 heteroatoms. The molecule has 1 aromatic carbocycles. The van der Waals surface area contributed by atoms with Crippen LogP contribution in [0.3, 0.4) is 0 Å². The third-order valence-electron chi connectivity index (χ3n) is 5.51. The largest absolute Gasteiger partial charge is 0.351 e. The highest BCUT2D eigenvalue weighted by Gasteiger charge is 2.21. The van der Waals surface area contributed by atoms with E-state index >= 15 is 0 Å². The van der Waals surface area contributed by atoms with Crippen molar-refractivity contribution in [1.29, 1.82) is 0 Å². The molecule has 0 spiro atoms. The first kappa shape index (κ1) is 21.0. The van der Waals surface area contributed by atoms with Gasteiger partial charge in [0.15, 0.2) is 0 Å². The summed E-state index contributed by atoms with van der Waals surface area (Å²) < 4.78 is 1.87. The van der Waals surface area contributed by atoms with Crippen LogP contribution >= 0.6 is 23.1 Å². The third kappa shape index (κ3) is 4.63. The van der Waals surface area contributed by atoms with Crippen molar-refractivity contribution >= 4 is 39.2 Å². The number of nitrogens with one attached hydrogen (secondary N) is 2. The van der Waals surface area contributed by atoms with Gasteiger partial charge in [-0.3, -0.25) is 14.3 Å². The van der Waals surface area contributed by atoms with E-state index in [4.69, 9.17) is 0 Å². The predicted octanol–water partition coefficient (Wildman–Crippen LogP) is 3.27. The monoisotopic (exact) mass is 465 g/mol. The van der Waals surface area contributed by atoms with Crippen molar-refractivity contribution in [2.75, 3.05) is 5.75 Å². The summed E-state index contributed by atoms with van der Waals surface area (Å²) in [7, 11) is 0. The molecule has 0 saturated carbocycles. The molecule has 1 amide bonds. The number of H-pyrrole nitrogens is 1. The van der Waals surface area contributed by atoms with Crippen molar-refractivity contribution in [3.05, 3.63) is 80.5 Å². The first-order chi connectivity index (χ1) is 15.7. The van der Waals surface area contributed by atoms with Crippen molar-refractivity contribution in [2.45, 2.75) is 38.1 Å². The van der Waals surface area contributed by atoms with E-state index in [0.717, 1.165) is 47.2 Å². The topological polar surface area (TPSA) is 92.7 Å². The summed E-state index contributed by atoms with van der Waals surface area (Å²) in [5.41, 5.74) is 3.35. The average molecular weight is 466 g/mol. The number of thioether (sulfide) groups is 1. The Labute approximate surface area is 193 Å². The SMILES string of the molecule is O=C(CSCc1nc2sc3c(c2c(=O)[nH]1)CCC3)NCc1ccc(Cn2cccn2)cc1. The molecule has 1 aliphatic rings. The van der Waals surface area contributed by atoms with Crippen LogP contribution in [0.1, 0.15) is 33.8 Å². The highest BCUT2D eigenvalue weighted by Crippen LogP contribution is 2.34. The molecule has 0 saturated heterocycles. The third-order valence-corrected chi connectivity index (χ3v) is 7.64. The number of aromatic amines is 1. The van der Waals surface area contributed by atoms with Crippen molar-refractivity contribution in [3.63, 3.8) is 0 Å². The number of fused-ring (bicyclic) bond motifs is 3. The summed E-state index contributed by atoms with van der Waals surface area (Å²) in [4.78, 5) is 34.4. The van der Waals surface area contributed by atoms with Gasteiger partial charge >= 0.3 is 0 Å². The molecule has 5 rings (SSSR count). The van der Waals surface area contributed by atoms with Crippen molar-refractivity contribution in [3.8, 4) is 0 Å². The van der Waals surface area contributed by atoms with Crippen LogP contribution in [0.4, 0.5) is 0 Å². The van der Waals surface area contributed by atoms with Gasteiger partial charge in [0.05, 0.1) is 23.4 Å². The van der Waals surface area contributed by atoms with Gasteiger partial charge in [-0.25, -0.2) is 4.98 Å². The van der Waals surface area contributed by atoms with Gasteiger partial charge in [-0.2, -0.15) is 5.10 Å². The van der Waals surface area contributed by atoms with Gasteiger partial charge in [-0.05, 0) is 42.0 Å². The van der Waals surface area contributed by atoms with E-state index in [1.54, 1.807) is 17.5 Å². The molecule has 0 radical (unpaired) electrons. The second-order valence-corrected chi connectivity index (χ2v) is 9.91. The van der Waals surface area contributed by atoms with Gasteiger partial charge in [0.1, 0.15) is 10.7 Å². The summed E-state index contributed by atoms with van der Waals surface area (Å²) in [5, 5.41) is 7.93. The van der Waals surface area contributed by atoms with Crippen LogP contribution in [0.5, 0.6) is 0 Å². The number of amides is 1. The van der Waals surface area contributed by atoms with E-state index in [0.29, 0.717) is 23.9 Å². The molecule has 0 atom stereocenters. The standard InChI is InChI=1S/C23H23N5O2S2/c29-20(24-11-15-5-7-16(8-6-15)12-28-10-2-9-25-28)14-31-13-19-26-22(30)21-17-3-1-4-18(17)32-23(21)27-19/h2,5-10H,1,3-4,11-14H2,(H,24,29)(H,26,27,30). The van der Waals surface area contributed by atoms with E-state index in [9.17, 15) is 9.59 Å². The lowest BCUT2D eigenvalue weighted by Gasteiger charge is -2.07. The van der Waals surface area contributed by atoms with Gasteiger partial charge in [-0.15, -0.1) is 23.1 Å². The van der Waals surface area contributed by atoms with Gasteiger partial charge < -0.3 is 10.3 Å². The first-order valence-corrected chi connectivity index (χ1v) is 12.6. The van der Waals surface area contributed by atoms with Crippen LogP contribution in [0.2, 0.25) is 0 Å². The predicted molar refractivity (Wildman–Crippen MR) is 128 cm³/mol. The number of aromatic nitrogens is 4. The van der Waals surface area contributed by atoms with Gasteiger partial charge in [0.25, 0.3) is 5.56 Å². The summed E-state index contributed by atoms with van der Waals surface area (Å²) in [6.07, 6.45) is 6.84. The average Bonchev–Trinajstić information content (AvgIpc) is 3.51. The smallest absolute Gasteiger partial charge is 0.259 e. The summed E-state index contributed by atoms with van der Waals surface area (Å²) in [5.74, 6) is 1.42. The van der Waals surface area contributed by atoms with Crippen molar-refractivity contribution in [2.24, 2.45) is 0 Å². The fourth-order valence-corrected chi connectivity index (χ4v) is 5.95. The number of carbonyl (C=O) groups is 1. The van der Waals surface area contributed by atoms with Crippen LogP contribution in [-0.4, -0.2) is 31.4 Å². The molecule has 3 aromatic heterocycles. The lowest BCUT2D eigenvalue weighted by molar-refractivity contribution is -0.118. The Morgan fingerprint density at radius 3 is 2.88 bits per heavy atom. The Bertz CT molecular complexity index is 1290. The number of aryl methyl sites for hydroxylation is 2. The summed E-state index contributed by atoms with van der Waals surface area (Å²) in [6, 6.07) is 10.1. The molecule has 2 N–H and O–H groups in total. The Kier molecular flexibility index (Phi) is 6.09. The number of rotatable bonds is 8. The number of hydrogen-bond acceptors (Lipinski definition) is 6. The molecular weight excluding hydrogens is 442 g/mol. The molecule has 0 fully saturated rings. The normalized spacial score (nSPS) is 12.9. The Balaban J connectivity index is 1.10. The molecule has 3 heterocycles. The number of carbonyl (C=O) groups excluding carboxylic acids is 1. The van der Waals surface area contributed by atoms with E-state index in [1.165, 1.54) is 22.2 Å². The minimum absolute atomic E-state index is 0.0332. The van der Waals surface area contributed by atoms with E-state index in [2.05, 4.69) is 32.5 Å². The summed E-state index contributed by atoms with van der Waals surface area (Å²) in [6.45, 7) is 1.22. The van der Waals surface area contributed by atoms with Crippen LogP contribution in [0.15, 0.2) is 47.5 Å². The van der Waals surface area contributed by atoms with Crippen LogP contribution in [-0.2, 0) is 36.5 Å². The lowest BCUT2D eigenvalue weighted by atomic mass is 10.1. The van der Waals surface area contributed by atoms with Gasteiger partial charge in [0, 0.05) is 23.8 Å². The zero-order valence-electron chi connectivity index (χ0n) is 17.5. The van der Waals surface area contributed by atoms with Gasteiger partial charge in [-0.1, -0.05) is 24.3 Å². The molecule has 32 heavy (non-hydrogen) atoms. The van der Waals surface area contributed by atoms with Crippen molar-refractivity contribution in [1.82, 2.24) is 25.1 Å². The van der Waals surface area contributed by atoms with Crippen LogP contribution < -0.4 is 10.9 Å². The highest BCUT2D eigenvalue weighted by molar-refractivity contribution is 7.99. The van der Waals surface area contributed by atoms with Gasteiger partial charge in [0.2, 0.25) is 5.91 Å². The highest BCUT2D eigenvalue weighted by atomic mass is 32.2. The summed E-state index contributed by atoms with van der Waals surface area (Å²) >= 11 is 3.09. The minimum atomic E-state index is -0.0505. The molecule has 4 aromatic rings. The maximum atomic E-state index is 12.5. The maximum Gasteiger partial charge on any atom is 0.259 e. The molecule has 0 bridgehead atoms. The Morgan fingerprint density at radius 1 is 1.22 bits per heavy atom. The maximum absolute atomic E-state index is 12.5. The number of hydrogen-bond donors (Lipinski definition) is 2. The Morgan fingerprint density at radius 2 is 2.06 bits per heavy atom. The molecule has 0 aliphatic heterocycles. The van der Waals surface area contributed by atoms with E-state index in [-0.39, 0.29) is 11.5 Å². The van der Waals surface area contributed by atoms with Crippen LogP contribution in [0.25, 0.3) is 10.2 Å². The first-order valence-electron chi connectivity index (χ1n) is 10.6. The zero-order valence-corrected chi connectivity index (χ0v) is 19.1. The molecular formula is C23H23N5O2S2. The molecule has 7 nitrogen and oxygen atoms in total. The minimum Gasteiger partial charge on any atom is -0.351 e. The Hall–Kier alpha value is -2.91. The second kappa shape index (κ2) is 9.30. The molecule has 164 valence electrons. The van der Waals surface area contributed by atoms with E-state index < -0.39 is 0 Å². The number of thiophene rings is 1. The quantitative estimate of drug-likeness (QED) is 0.417. The number of nitrogens with zero attached hydrogens (tertiary/aromatic N) is 3.